The zero-order valence-corrected chi connectivity index (χ0v) is 8.77. The van der Waals surface area contributed by atoms with Gasteiger partial charge in [0.15, 0.2) is 6.61 Å². The Hall–Kier alpha value is -0.880. The van der Waals surface area contributed by atoms with Gasteiger partial charge in [-0.2, -0.15) is 0 Å². The van der Waals surface area contributed by atoms with Crippen molar-refractivity contribution in [1.82, 2.24) is 5.32 Å². The van der Waals surface area contributed by atoms with Crippen LogP contribution in [-0.4, -0.2) is 17.1 Å². The third kappa shape index (κ3) is 7.23. The van der Waals surface area contributed by atoms with E-state index in [9.17, 15) is 4.79 Å². The van der Waals surface area contributed by atoms with Gasteiger partial charge in [0.1, 0.15) is 0 Å². The van der Waals surface area contributed by atoms with Gasteiger partial charge in [-0.1, -0.05) is 34.4 Å². The Morgan fingerprint density at radius 2 is 2.33 bits per heavy atom. The third-order valence-electron chi connectivity index (χ3n) is 0.772. The van der Waals surface area contributed by atoms with Crippen LogP contribution in [0.3, 0.4) is 0 Å². The smallest absolute Gasteiger partial charge is 0.419 e. The average Bonchev–Trinajstić information content (AvgIpc) is 2.06. The normalized spacial score (nSPS) is 6.83. The number of nitrogens with one attached hydrogen (secondary N) is 1. The number of carbonyl (C=O) groups is 1. The van der Waals surface area contributed by atoms with Crippen molar-refractivity contribution >= 4 is 28.7 Å². The second kappa shape index (κ2) is 8.22. The van der Waals surface area contributed by atoms with Crippen LogP contribution < -0.4 is 5.32 Å². The maximum absolute atomic E-state index is 10.7. The molecule has 0 radical (unpaired) electrons. The molecule has 12 heavy (non-hydrogen) atoms. The number of alkyl carbamates (subject to hydrolysis) is 1. The van der Waals surface area contributed by atoms with Crippen molar-refractivity contribution in [1.29, 1.82) is 0 Å². The van der Waals surface area contributed by atoms with Crippen LogP contribution in [0.15, 0.2) is 0 Å². The lowest BCUT2D eigenvalue weighted by Gasteiger charge is -1.95. The first-order chi connectivity index (χ1) is 5.81. The highest BCUT2D eigenvalue weighted by Crippen LogP contribution is 1.76. The highest BCUT2D eigenvalue weighted by molar-refractivity contribution is 14.1. The van der Waals surface area contributed by atoms with E-state index in [2.05, 4.69) is 56.5 Å². The van der Waals surface area contributed by atoms with E-state index in [1.807, 2.05) is 0 Å². The van der Waals surface area contributed by atoms with Gasteiger partial charge in [-0.15, -0.1) is 5.92 Å². The van der Waals surface area contributed by atoms with Crippen LogP contribution in [0.25, 0.3) is 0 Å². The number of alkyl halides is 1. The number of carbonyl (C=O) groups excluding carboxylic acids is 1. The molecule has 0 saturated heterocycles. The Balaban J connectivity index is 3.51. The SMILES string of the molecule is CC#CCOC(=O)NC#CCI. The summed E-state index contributed by atoms with van der Waals surface area (Å²) in [5, 5.41) is 2.25. The van der Waals surface area contributed by atoms with Crippen LogP contribution in [0.2, 0.25) is 0 Å². The molecule has 1 N–H and O–H groups in total. The molecule has 0 aliphatic heterocycles. The minimum Gasteiger partial charge on any atom is -0.436 e. The molecule has 0 aliphatic carbocycles. The maximum atomic E-state index is 10.7. The molecule has 0 fully saturated rings. The first-order valence-electron chi connectivity index (χ1n) is 3.17. The summed E-state index contributed by atoms with van der Waals surface area (Å²) in [5.74, 6) is 7.84. The first kappa shape index (κ1) is 11.1. The van der Waals surface area contributed by atoms with Crippen molar-refractivity contribution in [2.75, 3.05) is 11.0 Å². The minimum atomic E-state index is -0.560. The van der Waals surface area contributed by atoms with Gasteiger partial charge < -0.3 is 4.74 Å². The summed E-state index contributed by atoms with van der Waals surface area (Å²) in [6.45, 7) is 1.78. The van der Waals surface area contributed by atoms with Crippen LogP contribution in [0.4, 0.5) is 4.79 Å². The van der Waals surface area contributed by atoms with Gasteiger partial charge in [0.25, 0.3) is 0 Å². The fourth-order valence-corrected chi connectivity index (χ4v) is 0.529. The van der Waals surface area contributed by atoms with Crippen molar-refractivity contribution in [3.8, 4) is 23.8 Å². The maximum Gasteiger partial charge on any atom is 0.419 e. The van der Waals surface area contributed by atoms with Crippen molar-refractivity contribution in [3.63, 3.8) is 0 Å². The predicted molar refractivity (Wildman–Crippen MR) is 54.6 cm³/mol. The molecule has 0 atom stereocenters. The van der Waals surface area contributed by atoms with Gasteiger partial charge in [0.2, 0.25) is 0 Å². The van der Waals surface area contributed by atoms with Gasteiger partial charge in [-0.05, 0) is 6.92 Å². The molecule has 0 aliphatic rings. The summed E-state index contributed by atoms with van der Waals surface area (Å²) in [7, 11) is 0. The summed E-state index contributed by atoms with van der Waals surface area (Å²) >= 11 is 2.08. The van der Waals surface area contributed by atoms with Gasteiger partial charge in [-0.25, -0.2) is 10.1 Å². The molecule has 0 aromatic rings. The molecular formula is C8H8INO2. The average molecular weight is 277 g/mol. The number of rotatable bonds is 1. The van der Waals surface area contributed by atoms with E-state index < -0.39 is 6.09 Å². The van der Waals surface area contributed by atoms with E-state index >= 15 is 0 Å². The quantitative estimate of drug-likeness (QED) is 0.338. The fraction of sp³-hybridized carbons (Fsp3) is 0.375. The lowest BCUT2D eigenvalue weighted by Crippen LogP contribution is -2.19. The van der Waals surface area contributed by atoms with E-state index in [0.717, 1.165) is 0 Å². The molecule has 0 bridgehead atoms. The third-order valence-corrected chi connectivity index (χ3v) is 1.15. The van der Waals surface area contributed by atoms with E-state index in [-0.39, 0.29) is 6.61 Å². The lowest BCUT2D eigenvalue weighted by atomic mass is 10.6. The van der Waals surface area contributed by atoms with Crippen LogP contribution in [-0.2, 0) is 4.74 Å². The van der Waals surface area contributed by atoms with Gasteiger partial charge >= 0.3 is 6.09 Å². The summed E-state index contributed by atoms with van der Waals surface area (Å²) in [4.78, 5) is 10.7. The molecule has 0 saturated carbocycles. The van der Waals surface area contributed by atoms with Gasteiger partial charge in [0, 0.05) is 6.04 Å². The zero-order chi connectivity index (χ0) is 9.23. The highest BCUT2D eigenvalue weighted by atomic mass is 127. The molecule has 0 heterocycles. The van der Waals surface area contributed by atoms with Crippen LogP contribution >= 0.6 is 22.6 Å². The van der Waals surface area contributed by atoms with Crippen molar-refractivity contribution in [2.45, 2.75) is 6.92 Å². The largest absolute Gasteiger partial charge is 0.436 e. The molecule has 0 unspecified atom stereocenters. The Labute approximate surface area is 85.4 Å². The number of ether oxygens (including phenoxy) is 1. The zero-order valence-electron chi connectivity index (χ0n) is 6.61. The number of hydrogen-bond donors (Lipinski definition) is 1. The molecule has 0 rings (SSSR count). The molecule has 0 spiro atoms. The summed E-state index contributed by atoms with van der Waals surface area (Å²) in [6.07, 6.45) is -0.560. The Morgan fingerprint density at radius 3 is 2.92 bits per heavy atom. The van der Waals surface area contributed by atoms with Gasteiger partial charge in [-0.3, -0.25) is 0 Å². The van der Waals surface area contributed by atoms with Crippen molar-refractivity contribution in [2.24, 2.45) is 0 Å². The Kier molecular flexibility index (Phi) is 7.62. The molecule has 1 amide bonds. The van der Waals surface area contributed by atoms with E-state index in [4.69, 9.17) is 0 Å². The fourth-order valence-electron chi connectivity index (χ4n) is 0.339. The molecule has 0 aromatic heterocycles. The summed E-state index contributed by atoms with van der Waals surface area (Å²) in [5.41, 5.74) is 0. The van der Waals surface area contributed by atoms with E-state index in [0.29, 0.717) is 4.43 Å². The van der Waals surface area contributed by atoms with E-state index in [1.54, 1.807) is 6.92 Å². The monoisotopic (exact) mass is 277 g/mol. The standard InChI is InChI=1S/C8H8INO2/c1-2-3-7-12-8(11)10-6-4-5-9/h5,7H2,1H3,(H,10,11). The van der Waals surface area contributed by atoms with E-state index in [1.165, 1.54) is 0 Å². The van der Waals surface area contributed by atoms with Crippen LogP contribution in [0.5, 0.6) is 0 Å². The minimum absolute atomic E-state index is 0.105. The second-order valence-electron chi connectivity index (χ2n) is 1.56. The Bertz CT molecular complexity index is 254. The number of halogens is 1. The molecular weight excluding hydrogens is 269 g/mol. The molecule has 3 nitrogen and oxygen atoms in total. The number of hydrogen-bond acceptors (Lipinski definition) is 2. The van der Waals surface area contributed by atoms with Crippen LogP contribution in [0.1, 0.15) is 6.92 Å². The lowest BCUT2D eigenvalue weighted by molar-refractivity contribution is 0.165. The highest BCUT2D eigenvalue weighted by Gasteiger charge is 1.94. The predicted octanol–water partition coefficient (Wildman–Crippen LogP) is 1.13. The van der Waals surface area contributed by atoms with Gasteiger partial charge in [0.05, 0.1) is 4.43 Å². The summed E-state index contributed by atoms with van der Waals surface area (Å²) in [6, 6.07) is 2.43. The number of amides is 1. The van der Waals surface area contributed by atoms with Crippen LogP contribution in [0, 0.1) is 23.8 Å². The van der Waals surface area contributed by atoms with Crippen molar-refractivity contribution < 1.29 is 9.53 Å². The second-order valence-corrected chi connectivity index (χ2v) is 2.33. The molecule has 0 aromatic carbocycles. The topological polar surface area (TPSA) is 38.3 Å². The Morgan fingerprint density at radius 1 is 1.58 bits per heavy atom. The van der Waals surface area contributed by atoms with Crippen molar-refractivity contribution in [3.05, 3.63) is 0 Å². The first-order valence-corrected chi connectivity index (χ1v) is 4.70. The molecule has 64 valence electrons. The summed E-state index contributed by atoms with van der Waals surface area (Å²) < 4.78 is 5.27. The molecule has 4 heteroatoms.